The summed E-state index contributed by atoms with van der Waals surface area (Å²) in [5.74, 6) is 0.230. The minimum atomic E-state index is -0.380. The van der Waals surface area contributed by atoms with E-state index in [1.54, 1.807) is 30.9 Å². The van der Waals surface area contributed by atoms with E-state index in [1.165, 1.54) is 6.07 Å². The number of aryl methyl sites for hydroxylation is 1. The number of benzene rings is 1. The van der Waals surface area contributed by atoms with Crippen molar-refractivity contribution in [2.45, 2.75) is 26.4 Å². The van der Waals surface area contributed by atoms with Crippen molar-refractivity contribution >= 4 is 5.91 Å². The molecule has 1 aliphatic rings. The summed E-state index contributed by atoms with van der Waals surface area (Å²) in [5, 5.41) is 19.1. The fraction of sp³-hybridized carbons (Fsp3) is 0.500. The van der Waals surface area contributed by atoms with Crippen molar-refractivity contribution in [2.24, 2.45) is 5.92 Å². The van der Waals surface area contributed by atoms with Crippen LogP contribution in [0.5, 0.6) is 5.75 Å². The van der Waals surface area contributed by atoms with E-state index in [9.17, 15) is 15.0 Å². The second kappa shape index (κ2) is 4.98. The Kier molecular flexibility index (Phi) is 3.57. The molecule has 1 amide bonds. The van der Waals surface area contributed by atoms with Crippen molar-refractivity contribution in [3.05, 3.63) is 29.3 Å². The lowest BCUT2D eigenvalue weighted by molar-refractivity contribution is 0.0762. The molecule has 4 nitrogen and oxygen atoms in total. The predicted molar refractivity (Wildman–Crippen MR) is 68.5 cm³/mol. The van der Waals surface area contributed by atoms with E-state index in [-0.39, 0.29) is 23.7 Å². The molecule has 0 aliphatic carbocycles. The van der Waals surface area contributed by atoms with E-state index in [1.807, 2.05) is 0 Å². The van der Waals surface area contributed by atoms with Gasteiger partial charge in [0.05, 0.1) is 6.10 Å². The molecule has 0 saturated carbocycles. The second-order valence-corrected chi connectivity index (χ2v) is 5.04. The molecule has 18 heavy (non-hydrogen) atoms. The van der Waals surface area contributed by atoms with Gasteiger partial charge in [0.25, 0.3) is 5.91 Å². The molecule has 1 aromatic rings. The maximum Gasteiger partial charge on any atom is 0.253 e. The lowest BCUT2D eigenvalue weighted by atomic mass is 10.0. The third-order valence-electron chi connectivity index (χ3n) is 3.65. The zero-order valence-corrected chi connectivity index (χ0v) is 10.8. The molecule has 1 heterocycles. The third kappa shape index (κ3) is 2.48. The van der Waals surface area contributed by atoms with Gasteiger partial charge in [-0.25, -0.2) is 0 Å². The first kappa shape index (κ1) is 12.9. The Labute approximate surface area is 107 Å². The minimum Gasteiger partial charge on any atom is -0.508 e. The van der Waals surface area contributed by atoms with Crippen LogP contribution in [-0.4, -0.2) is 40.2 Å². The summed E-state index contributed by atoms with van der Waals surface area (Å²) in [6, 6.07) is 4.98. The van der Waals surface area contributed by atoms with E-state index in [2.05, 4.69) is 0 Å². The number of likely N-dealkylation sites (tertiary alicyclic amines) is 1. The van der Waals surface area contributed by atoms with Crippen LogP contribution in [0.15, 0.2) is 18.2 Å². The van der Waals surface area contributed by atoms with Crippen molar-refractivity contribution in [3.8, 4) is 5.75 Å². The van der Waals surface area contributed by atoms with E-state index in [4.69, 9.17) is 0 Å². The third-order valence-corrected chi connectivity index (χ3v) is 3.65. The van der Waals surface area contributed by atoms with Gasteiger partial charge in [-0.3, -0.25) is 4.79 Å². The van der Waals surface area contributed by atoms with Crippen molar-refractivity contribution < 1.29 is 15.0 Å². The monoisotopic (exact) mass is 249 g/mol. The van der Waals surface area contributed by atoms with Gasteiger partial charge in [-0.05, 0) is 38.0 Å². The Balaban J connectivity index is 2.10. The molecule has 0 bridgehead atoms. The maximum absolute atomic E-state index is 12.2. The van der Waals surface area contributed by atoms with E-state index >= 15 is 0 Å². The van der Waals surface area contributed by atoms with Gasteiger partial charge in [-0.2, -0.15) is 0 Å². The number of nitrogens with zero attached hydrogens (tertiary/aromatic N) is 1. The quantitative estimate of drug-likeness (QED) is 0.836. The Morgan fingerprint density at radius 1 is 1.50 bits per heavy atom. The summed E-state index contributed by atoms with van der Waals surface area (Å²) < 4.78 is 0. The summed E-state index contributed by atoms with van der Waals surface area (Å²) in [6.45, 7) is 4.81. The molecule has 2 rings (SSSR count). The number of aromatic hydroxyl groups is 1. The first-order valence-corrected chi connectivity index (χ1v) is 6.26. The molecular formula is C14H19NO3. The number of hydrogen-bond donors (Lipinski definition) is 2. The van der Waals surface area contributed by atoms with Crippen LogP contribution in [0, 0.1) is 12.8 Å². The highest BCUT2D eigenvalue weighted by atomic mass is 16.3. The average Bonchev–Trinajstić information content (AvgIpc) is 2.81. The molecule has 2 unspecified atom stereocenters. The van der Waals surface area contributed by atoms with Crippen LogP contribution >= 0.6 is 0 Å². The molecule has 2 atom stereocenters. The highest BCUT2D eigenvalue weighted by Gasteiger charge is 2.29. The number of hydrogen-bond acceptors (Lipinski definition) is 3. The van der Waals surface area contributed by atoms with Crippen LogP contribution in [0.2, 0.25) is 0 Å². The van der Waals surface area contributed by atoms with E-state index in [0.717, 1.165) is 12.0 Å². The second-order valence-electron chi connectivity index (χ2n) is 5.04. The maximum atomic E-state index is 12.2. The predicted octanol–water partition coefficient (Wildman–Crippen LogP) is 1.54. The van der Waals surface area contributed by atoms with Gasteiger partial charge in [0, 0.05) is 24.6 Å². The van der Waals surface area contributed by atoms with Gasteiger partial charge in [0.1, 0.15) is 5.75 Å². The summed E-state index contributed by atoms with van der Waals surface area (Å²) in [4.78, 5) is 13.9. The molecule has 98 valence electrons. The molecule has 1 fully saturated rings. The van der Waals surface area contributed by atoms with Crippen LogP contribution in [0.1, 0.15) is 29.3 Å². The summed E-state index contributed by atoms with van der Waals surface area (Å²) in [6.07, 6.45) is 0.454. The van der Waals surface area contributed by atoms with E-state index < -0.39 is 0 Å². The van der Waals surface area contributed by atoms with Crippen LogP contribution in [0.25, 0.3) is 0 Å². The highest BCUT2D eigenvalue weighted by Crippen LogP contribution is 2.23. The SMILES string of the molecule is Cc1ccc(C(=O)N2CCC(C(C)O)C2)cc1O. The Morgan fingerprint density at radius 3 is 2.78 bits per heavy atom. The molecule has 1 saturated heterocycles. The molecule has 0 aromatic heterocycles. The number of phenols is 1. The van der Waals surface area contributed by atoms with Crippen molar-refractivity contribution in [1.82, 2.24) is 4.90 Å². The molecule has 0 spiro atoms. The molecule has 1 aliphatic heterocycles. The van der Waals surface area contributed by atoms with Gasteiger partial charge in [0.15, 0.2) is 0 Å². The van der Waals surface area contributed by atoms with Crippen molar-refractivity contribution in [3.63, 3.8) is 0 Å². The fourth-order valence-corrected chi connectivity index (χ4v) is 2.29. The van der Waals surface area contributed by atoms with Gasteiger partial charge in [-0.15, -0.1) is 0 Å². The van der Waals surface area contributed by atoms with Gasteiger partial charge in [-0.1, -0.05) is 6.07 Å². The number of carbonyl (C=O) groups is 1. The fourth-order valence-electron chi connectivity index (χ4n) is 2.29. The van der Waals surface area contributed by atoms with Gasteiger partial charge < -0.3 is 15.1 Å². The van der Waals surface area contributed by atoms with Crippen LogP contribution < -0.4 is 0 Å². The topological polar surface area (TPSA) is 60.8 Å². The molecular weight excluding hydrogens is 230 g/mol. The largest absolute Gasteiger partial charge is 0.508 e. The van der Waals surface area contributed by atoms with Crippen LogP contribution in [0.3, 0.4) is 0 Å². The Hall–Kier alpha value is -1.55. The number of aliphatic hydroxyl groups excluding tert-OH is 1. The zero-order chi connectivity index (χ0) is 13.3. The normalized spacial score (nSPS) is 21.1. The summed E-state index contributed by atoms with van der Waals surface area (Å²) >= 11 is 0. The molecule has 2 N–H and O–H groups in total. The van der Waals surface area contributed by atoms with Gasteiger partial charge >= 0.3 is 0 Å². The standard InChI is InChI=1S/C14H19NO3/c1-9-3-4-11(7-13(9)17)14(18)15-6-5-12(8-15)10(2)16/h3-4,7,10,12,16-17H,5-6,8H2,1-2H3. The number of aliphatic hydroxyl groups is 1. The molecule has 4 heteroatoms. The number of phenolic OH excluding ortho intramolecular Hbond substituents is 1. The van der Waals surface area contributed by atoms with Crippen LogP contribution in [-0.2, 0) is 0 Å². The Morgan fingerprint density at radius 2 is 2.22 bits per heavy atom. The number of amides is 1. The lowest BCUT2D eigenvalue weighted by Gasteiger charge is -2.18. The number of rotatable bonds is 2. The first-order valence-electron chi connectivity index (χ1n) is 6.26. The van der Waals surface area contributed by atoms with Crippen molar-refractivity contribution in [2.75, 3.05) is 13.1 Å². The molecule has 0 radical (unpaired) electrons. The van der Waals surface area contributed by atoms with Crippen molar-refractivity contribution in [1.29, 1.82) is 0 Å². The average molecular weight is 249 g/mol. The van der Waals surface area contributed by atoms with Gasteiger partial charge in [0.2, 0.25) is 0 Å². The lowest BCUT2D eigenvalue weighted by Crippen LogP contribution is -2.30. The molecule has 1 aromatic carbocycles. The summed E-state index contributed by atoms with van der Waals surface area (Å²) in [7, 11) is 0. The highest BCUT2D eigenvalue weighted by molar-refractivity contribution is 5.94. The smallest absolute Gasteiger partial charge is 0.253 e. The first-order chi connectivity index (χ1) is 8.49. The van der Waals surface area contributed by atoms with Crippen LogP contribution in [0.4, 0.5) is 0 Å². The Bertz CT molecular complexity index is 456. The zero-order valence-electron chi connectivity index (χ0n) is 10.8. The van der Waals surface area contributed by atoms with E-state index in [0.29, 0.717) is 18.7 Å². The summed E-state index contributed by atoms with van der Waals surface area (Å²) in [5.41, 5.74) is 1.26. The minimum absolute atomic E-state index is 0.0755. The number of carbonyl (C=O) groups excluding carboxylic acids is 1.